The van der Waals surface area contributed by atoms with E-state index >= 15 is 0 Å². The molecule has 0 aliphatic carbocycles. The molecule has 1 aliphatic heterocycles. The van der Waals surface area contributed by atoms with Crippen molar-refractivity contribution in [2.24, 2.45) is 0 Å². The Kier molecular flexibility index (Phi) is 6.86. The molecule has 1 aliphatic rings. The van der Waals surface area contributed by atoms with Crippen molar-refractivity contribution in [3.05, 3.63) is 83.7 Å². The number of carbonyl (C=O) groups is 1. The lowest BCUT2D eigenvalue weighted by molar-refractivity contribution is 0.0956. The molecule has 0 spiro atoms. The molecular formula is C27H29FN2O2. The Balaban J connectivity index is 1.67. The molecule has 1 fully saturated rings. The van der Waals surface area contributed by atoms with E-state index in [0.29, 0.717) is 28.9 Å². The largest absolute Gasteiger partial charge is 0.496 e. The summed E-state index contributed by atoms with van der Waals surface area (Å²) in [7, 11) is 1.53. The van der Waals surface area contributed by atoms with E-state index in [1.807, 2.05) is 61.5 Å². The van der Waals surface area contributed by atoms with Gasteiger partial charge in [0, 0.05) is 43.0 Å². The molecule has 0 amide bonds. The second kappa shape index (κ2) is 9.96. The predicted octanol–water partition coefficient (Wildman–Crippen LogP) is 5.29. The fraction of sp³-hybridized carbons (Fsp3) is 0.296. The number of methoxy groups -OCH3 is 1. The lowest BCUT2D eigenvalue weighted by Crippen LogP contribution is -2.43. The minimum Gasteiger partial charge on any atom is -0.496 e. The van der Waals surface area contributed by atoms with Crippen LogP contribution in [0.1, 0.15) is 35.2 Å². The fourth-order valence-corrected chi connectivity index (χ4v) is 4.45. The van der Waals surface area contributed by atoms with E-state index in [1.165, 1.54) is 13.2 Å². The Morgan fingerprint density at radius 1 is 1.03 bits per heavy atom. The van der Waals surface area contributed by atoms with Crippen LogP contribution in [-0.2, 0) is 0 Å². The van der Waals surface area contributed by atoms with E-state index in [4.69, 9.17) is 4.74 Å². The maximum Gasteiger partial charge on any atom is 0.170 e. The summed E-state index contributed by atoms with van der Waals surface area (Å²) in [5.41, 5.74) is 3.62. The van der Waals surface area contributed by atoms with Crippen molar-refractivity contribution in [1.82, 2.24) is 5.32 Å². The quantitative estimate of drug-likeness (QED) is 0.515. The molecule has 0 bridgehead atoms. The molecule has 1 N–H and O–H groups in total. The molecule has 4 rings (SSSR count). The average molecular weight is 433 g/mol. The maximum absolute atomic E-state index is 14.8. The molecule has 166 valence electrons. The van der Waals surface area contributed by atoms with E-state index in [9.17, 15) is 9.18 Å². The number of anilines is 1. The highest BCUT2D eigenvalue weighted by Gasteiger charge is 2.27. The zero-order valence-electron chi connectivity index (χ0n) is 18.6. The summed E-state index contributed by atoms with van der Waals surface area (Å²) >= 11 is 0. The van der Waals surface area contributed by atoms with Gasteiger partial charge in [-0.1, -0.05) is 43.3 Å². The number of nitrogens with one attached hydrogen (secondary N) is 1. The van der Waals surface area contributed by atoms with Crippen LogP contribution in [0, 0.1) is 5.82 Å². The minimum atomic E-state index is -0.418. The van der Waals surface area contributed by atoms with Gasteiger partial charge in [-0.25, -0.2) is 4.39 Å². The Hall–Kier alpha value is -3.18. The normalized spacial score (nSPS) is 14.8. The number of piperazine rings is 1. The number of halogens is 1. The topological polar surface area (TPSA) is 41.6 Å². The van der Waals surface area contributed by atoms with Crippen LogP contribution in [0.3, 0.4) is 0 Å². The van der Waals surface area contributed by atoms with Crippen molar-refractivity contribution < 1.29 is 13.9 Å². The standard InChI is InChI=1S/C27H29FN2O2/c1-3-22(26(31)20-9-11-21(12-10-20)30-17-15-29-16-18-30)23-13-14-24(28)25(27(23)32-2)19-7-5-4-6-8-19/h4-14,22,29H,3,15-18H2,1-2H3. The summed E-state index contributed by atoms with van der Waals surface area (Å²) in [6, 6.07) is 20.3. The number of Topliss-reactive ketones (excluding diaryl/α,β-unsaturated/α-hetero) is 1. The summed E-state index contributed by atoms with van der Waals surface area (Å²) < 4.78 is 20.5. The summed E-state index contributed by atoms with van der Waals surface area (Å²) in [6.07, 6.45) is 0.592. The van der Waals surface area contributed by atoms with Gasteiger partial charge in [-0.15, -0.1) is 0 Å². The number of carbonyl (C=O) groups excluding carboxylic acids is 1. The van der Waals surface area contributed by atoms with Gasteiger partial charge >= 0.3 is 0 Å². The molecule has 1 atom stereocenters. The van der Waals surface area contributed by atoms with Gasteiger partial charge in [-0.05, 0) is 42.3 Å². The van der Waals surface area contributed by atoms with Gasteiger partial charge in [0.15, 0.2) is 5.78 Å². The summed E-state index contributed by atoms with van der Waals surface area (Å²) in [5, 5.41) is 3.35. The predicted molar refractivity (Wildman–Crippen MR) is 127 cm³/mol. The second-order valence-electron chi connectivity index (χ2n) is 8.02. The Morgan fingerprint density at radius 3 is 2.34 bits per heavy atom. The van der Waals surface area contributed by atoms with Crippen molar-refractivity contribution in [2.75, 3.05) is 38.2 Å². The van der Waals surface area contributed by atoms with Gasteiger partial charge in [0.05, 0.1) is 18.6 Å². The average Bonchev–Trinajstić information content (AvgIpc) is 2.86. The van der Waals surface area contributed by atoms with Crippen LogP contribution in [-0.4, -0.2) is 39.1 Å². The molecule has 4 nitrogen and oxygen atoms in total. The number of hydrogen-bond acceptors (Lipinski definition) is 4. The SMILES string of the molecule is CCC(C(=O)c1ccc(N2CCNCC2)cc1)c1ccc(F)c(-c2ccccc2)c1OC. The van der Waals surface area contributed by atoms with Crippen LogP contribution in [0.5, 0.6) is 5.75 Å². The number of benzene rings is 3. The first kappa shape index (κ1) is 22.0. The van der Waals surface area contributed by atoms with Crippen LogP contribution >= 0.6 is 0 Å². The summed E-state index contributed by atoms with van der Waals surface area (Å²) in [6.45, 7) is 5.82. The Bertz CT molecular complexity index is 1060. The third-order valence-electron chi connectivity index (χ3n) is 6.14. The molecular weight excluding hydrogens is 403 g/mol. The van der Waals surface area contributed by atoms with Gasteiger partial charge in [0.25, 0.3) is 0 Å². The van der Waals surface area contributed by atoms with Crippen molar-refractivity contribution >= 4 is 11.5 Å². The molecule has 3 aromatic rings. The van der Waals surface area contributed by atoms with Gasteiger partial charge in [-0.3, -0.25) is 4.79 Å². The molecule has 0 aromatic heterocycles. The zero-order valence-corrected chi connectivity index (χ0v) is 18.6. The monoisotopic (exact) mass is 432 g/mol. The van der Waals surface area contributed by atoms with Crippen molar-refractivity contribution in [1.29, 1.82) is 0 Å². The van der Waals surface area contributed by atoms with Crippen LogP contribution < -0.4 is 15.0 Å². The number of hydrogen-bond donors (Lipinski definition) is 1. The first-order chi connectivity index (χ1) is 15.6. The van der Waals surface area contributed by atoms with E-state index < -0.39 is 5.92 Å². The molecule has 1 unspecified atom stereocenters. The van der Waals surface area contributed by atoms with E-state index in [2.05, 4.69) is 10.2 Å². The summed E-state index contributed by atoms with van der Waals surface area (Å²) in [5.74, 6) is -0.338. The van der Waals surface area contributed by atoms with Crippen LogP contribution in [0.2, 0.25) is 0 Å². The van der Waals surface area contributed by atoms with Gasteiger partial charge in [0.1, 0.15) is 11.6 Å². The highest BCUT2D eigenvalue weighted by molar-refractivity contribution is 6.02. The zero-order chi connectivity index (χ0) is 22.5. The van der Waals surface area contributed by atoms with Crippen molar-refractivity contribution in [2.45, 2.75) is 19.3 Å². The van der Waals surface area contributed by atoms with E-state index in [0.717, 1.165) is 37.4 Å². The lowest BCUT2D eigenvalue weighted by atomic mass is 9.86. The van der Waals surface area contributed by atoms with Gasteiger partial charge in [0.2, 0.25) is 0 Å². The minimum absolute atomic E-state index is 0.0169. The van der Waals surface area contributed by atoms with Crippen LogP contribution in [0.4, 0.5) is 10.1 Å². The number of rotatable bonds is 7. The summed E-state index contributed by atoms with van der Waals surface area (Å²) in [4.78, 5) is 15.8. The first-order valence-corrected chi connectivity index (χ1v) is 11.2. The van der Waals surface area contributed by atoms with E-state index in [-0.39, 0.29) is 11.6 Å². The maximum atomic E-state index is 14.8. The van der Waals surface area contributed by atoms with Gasteiger partial charge < -0.3 is 15.0 Å². The van der Waals surface area contributed by atoms with Crippen molar-refractivity contribution in [3.63, 3.8) is 0 Å². The fourth-order valence-electron chi connectivity index (χ4n) is 4.45. The smallest absolute Gasteiger partial charge is 0.170 e. The molecule has 5 heteroatoms. The Labute approximate surface area is 189 Å². The molecule has 0 radical (unpaired) electrons. The lowest BCUT2D eigenvalue weighted by Gasteiger charge is -2.29. The van der Waals surface area contributed by atoms with Gasteiger partial charge in [-0.2, -0.15) is 0 Å². The molecule has 32 heavy (non-hydrogen) atoms. The van der Waals surface area contributed by atoms with Crippen LogP contribution in [0.25, 0.3) is 11.1 Å². The molecule has 1 heterocycles. The molecule has 1 saturated heterocycles. The number of nitrogens with zero attached hydrogens (tertiary/aromatic N) is 1. The highest BCUT2D eigenvalue weighted by atomic mass is 19.1. The first-order valence-electron chi connectivity index (χ1n) is 11.2. The van der Waals surface area contributed by atoms with Crippen LogP contribution in [0.15, 0.2) is 66.7 Å². The Morgan fingerprint density at radius 2 is 1.72 bits per heavy atom. The van der Waals surface area contributed by atoms with Crippen molar-refractivity contribution in [3.8, 4) is 16.9 Å². The number of ketones is 1. The third kappa shape index (κ3) is 4.39. The number of ether oxygens (including phenoxy) is 1. The highest BCUT2D eigenvalue weighted by Crippen LogP contribution is 2.40. The second-order valence-corrected chi connectivity index (χ2v) is 8.02. The molecule has 0 saturated carbocycles. The van der Waals surface area contributed by atoms with E-state index in [1.54, 1.807) is 6.07 Å². The molecule has 3 aromatic carbocycles. The third-order valence-corrected chi connectivity index (χ3v) is 6.14.